The SMILES string of the molecule is CC(=O)Nc1cccc(C(=O)Nc2ccc(C)c(NS(=O)(=O)c3ccccc3)c2)c1. The smallest absolute Gasteiger partial charge is 0.261 e. The number of carbonyl (C=O) groups is 2. The third kappa shape index (κ3) is 5.24. The van der Waals surface area contributed by atoms with Crippen LogP contribution in [-0.4, -0.2) is 20.2 Å². The molecule has 0 heterocycles. The Bertz CT molecular complexity index is 1190. The van der Waals surface area contributed by atoms with Crippen molar-refractivity contribution in [2.75, 3.05) is 15.4 Å². The number of amides is 2. The van der Waals surface area contributed by atoms with E-state index >= 15 is 0 Å². The molecule has 0 saturated heterocycles. The Balaban J connectivity index is 1.80. The predicted molar refractivity (Wildman–Crippen MR) is 117 cm³/mol. The van der Waals surface area contributed by atoms with E-state index in [1.165, 1.54) is 19.1 Å². The van der Waals surface area contributed by atoms with Crippen molar-refractivity contribution >= 4 is 38.9 Å². The van der Waals surface area contributed by atoms with E-state index in [1.807, 2.05) is 0 Å². The average Bonchev–Trinajstić information content (AvgIpc) is 2.70. The molecule has 154 valence electrons. The molecule has 0 fully saturated rings. The van der Waals surface area contributed by atoms with Crippen molar-refractivity contribution in [1.29, 1.82) is 0 Å². The van der Waals surface area contributed by atoms with E-state index in [2.05, 4.69) is 15.4 Å². The average molecular weight is 423 g/mol. The zero-order chi connectivity index (χ0) is 21.7. The number of anilines is 3. The van der Waals surface area contributed by atoms with Crippen LogP contribution in [0.3, 0.4) is 0 Å². The predicted octanol–water partition coefficient (Wildman–Crippen LogP) is 4.01. The first-order valence-electron chi connectivity index (χ1n) is 9.12. The summed E-state index contributed by atoms with van der Waals surface area (Å²) in [4.78, 5) is 23.9. The summed E-state index contributed by atoms with van der Waals surface area (Å²) in [5, 5.41) is 5.37. The molecule has 30 heavy (non-hydrogen) atoms. The van der Waals surface area contributed by atoms with Gasteiger partial charge >= 0.3 is 0 Å². The summed E-state index contributed by atoms with van der Waals surface area (Å²) in [5.41, 5.74) is 2.37. The highest BCUT2D eigenvalue weighted by molar-refractivity contribution is 7.92. The zero-order valence-electron chi connectivity index (χ0n) is 16.5. The molecule has 0 unspecified atom stereocenters. The van der Waals surface area contributed by atoms with E-state index in [4.69, 9.17) is 0 Å². The molecule has 3 N–H and O–H groups in total. The molecule has 0 atom stereocenters. The highest BCUT2D eigenvalue weighted by Crippen LogP contribution is 2.24. The standard InChI is InChI=1S/C22H21N3O4S/c1-15-11-12-19(14-21(15)25-30(28,29)20-9-4-3-5-10-20)24-22(27)17-7-6-8-18(13-17)23-16(2)26/h3-14,25H,1-2H3,(H,23,26)(H,24,27). The topological polar surface area (TPSA) is 104 Å². The third-order valence-electron chi connectivity index (χ3n) is 4.24. The molecule has 0 aliphatic rings. The molecule has 7 nitrogen and oxygen atoms in total. The zero-order valence-corrected chi connectivity index (χ0v) is 17.3. The van der Waals surface area contributed by atoms with Crippen molar-refractivity contribution in [2.24, 2.45) is 0 Å². The molecule has 0 aromatic heterocycles. The highest BCUT2D eigenvalue weighted by Gasteiger charge is 2.16. The van der Waals surface area contributed by atoms with Gasteiger partial charge in [0.15, 0.2) is 0 Å². The lowest BCUT2D eigenvalue weighted by atomic mass is 10.1. The molecule has 3 rings (SSSR count). The van der Waals surface area contributed by atoms with Gasteiger partial charge in [-0.2, -0.15) is 0 Å². The number of hydrogen-bond donors (Lipinski definition) is 3. The third-order valence-corrected chi connectivity index (χ3v) is 5.62. The fourth-order valence-corrected chi connectivity index (χ4v) is 3.90. The molecule has 2 amide bonds. The fourth-order valence-electron chi connectivity index (χ4n) is 2.76. The highest BCUT2D eigenvalue weighted by atomic mass is 32.2. The van der Waals surface area contributed by atoms with Crippen molar-refractivity contribution in [2.45, 2.75) is 18.7 Å². The van der Waals surface area contributed by atoms with Gasteiger partial charge in [-0.1, -0.05) is 30.3 Å². The molecular weight excluding hydrogens is 402 g/mol. The summed E-state index contributed by atoms with van der Waals surface area (Å²) < 4.78 is 27.8. The number of carbonyl (C=O) groups excluding carboxylic acids is 2. The van der Waals surface area contributed by atoms with Gasteiger partial charge in [-0.05, 0) is 55.0 Å². The molecule has 0 saturated carbocycles. The summed E-state index contributed by atoms with van der Waals surface area (Å²) in [6, 6.07) is 19.5. The fraction of sp³-hybridized carbons (Fsp3) is 0.0909. The van der Waals surface area contributed by atoms with Crippen molar-refractivity contribution in [3.05, 3.63) is 83.9 Å². The van der Waals surface area contributed by atoms with Gasteiger partial charge in [-0.25, -0.2) is 8.42 Å². The van der Waals surface area contributed by atoms with Gasteiger partial charge in [-0.15, -0.1) is 0 Å². The molecule has 8 heteroatoms. The second-order valence-electron chi connectivity index (χ2n) is 6.66. The van der Waals surface area contributed by atoms with Crippen LogP contribution >= 0.6 is 0 Å². The Labute approximate surface area is 175 Å². The van der Waals surface area contributed by atoms with Crippen LogP contribution in [0.2, 0.25) is 0 Å². The number of sulfonamides is 1. The van der Waals surface area contributed by atoms with Gasteiger partial charge in [0.25, 0.3) is 15.9 Å². The number of hydrogen-bond acceptors (Lipinski definition) is 4. The van der Waals surface area contributed by atoms with Crippen molar-refractivity contribution < 1.29 is 18.0 Å². The van der Waals surface area contributed by atoms with Crippen molar-refractivity contribution in [3.63, 3.8) is 0 Å². The molecule has 0 bridgehead atoms. The lowest BCUT2D eigenvalue weighted by Crippen LogP contribution is -2.15. The summed E-state index contributed by atoms with van der Waals surface area (Å²) >= 11 is 0. The summed E-state index contributed by atoms with van der Waals surface area (Å²) in [7, 11) is -3.75. The lowest BCUT2D eigenvalue weighted by Gasteiger charge is -2.13. The molecule has 0 aliphatic heterocycles. The molecule has 0 spiro atoms. The van der Waals surface area contributed by atoms with Gasteiger partial charge in [0.2, 0.25) is 5.91 Å². The minimum atomic E-state index is -3.75. The Morgan fingerprint density at radius 1 is 0.800 bits per heavy atom. The van der Waals surface area contributed by atoms with Gasteiger partial charge < -0.3 is 10.6 Å². The quantitative estimate of drug-likeness (QED) is 0.557. The molecule has 3 aromatic rings. The van der Waals surface area contributed by atoms with Crippen LogP contribution in [0.1, 0.15) is 22.8 Å². The summed E-state index contributed by atoms with van der Waals surface area (Å²) in [6.45, 7) is 3.16. The second kappa shape index (κ2) is 8.79. The summed E-state index contributed by atoms with van der Waals surface area (Å²) in [5.74, 6) is -0.621. The maximum Gasteiger partial charge on any atom is 0.261 e. The van der Waals surface area contributed by atoms with Crippen LogP contribution in [0.4, 0.5) is 17.1 Å². The molecule has 0 aliphatic carbocycles. The maximum absolute atomic E-state index is 12.6. The first-order chi connectivity index (χ1) is 14.2. The van der Waals surface area contributed by atoms with Gasteiger partial charge in [-0.3, -0.25) is 14.3 Å². The number of aryl methyl sites for hydroxylation is 1. The van der Waals surface area contributed by atoms with E-state index in [1.54, 1.807) is 67.6 Å². The number of nitrogens with one attached hydrogen (secondary N) is 3. The van der Waals surface area contributed by atoms with Crippen LogP contribution in [0.15, 0.2) is 77.7 Å². The van der Waals surface area contributed by atoms with E-state index < -0.39 is 10.0 Å². The summed E-state index contributed by atoms with van der Waals surface area (Å²) in [6.07, 6.45) is 0. The minimum absolute atomic E-state index is 0.147. The van der Waals surface area contributed by atoms with Crippen molar-refractivity contribution in [1.82, 2.24) is 0 Å². The number of rotatable bonds is 6. The maximum atomic E-state index is 12.6. The van der Waals surface area contributed by atoms with E-state index in [9.17, 15) is 18.0 Å². The van der Waals surface area contributed by atoms with Crippen LogP contribution in [0.25, 0.3) is 0 Å². The molecule has 0 radical (unpaired) electrons. The minimum Gasteiger partial charge on any atom is -0.326 e. The largest absolute Gasteiger partial charge is 0.326 e. The van der Waals surface area contributed by atoms with Gasteiger partial charge in [0.05, 0.1) is 10.6 Å². The lowest BCUT2D eigenvalue weighted by molar-refractivity contribution is -0.114. The van der Waals surface area contributed by atoms with Gasteiger partial charge in [0, 0.05) is 23.9 Å². The first kappa shape index (κ1) is 21.1. The van der Waals surface area contributed by atoms with Crippen LogP contribution in [-0.2, 0) is 14.8 Å². The monoisotopic (exact) mass is 423 g/mol. The Hall–Kier alpha value is -3.65. The second-order valence-corrected chi connectivity index (χ2v) is 8.35. The van der Waals surface area contributed by atoms with Crippen LogP contribution < -0.4 is 15.4 Å². The van der Waals surface area contributed by atoms with E-state index in [0.717, 1.165) is 0 Å². The van der Waals surface area contributed by atoms with Gasteiger partial charge in [0.1, 0.15) is 0 Å². The molecular formula is C22H21N3O4S. The first-order valence-corrected chi connectivity index (χ1v) is 10.6. The number of benzene rings is 3. The Morgan fingerprint density at radius 2 is 1.50 bits per heavy atom. The normalized spacial score (nSPS) is 10.9. The Kier molecular flexibility index (Phi) is 6.17. The van der Waals surface area contributed by atoms with Crippen LogP contribution in [0, 0.1) is 6.92 Å². The van der Waals surface area contributed by atoms with E-state index in [0.29, 0.717) is 28.2 Å². The Morgan fingerprint density at radius 3 is 2.20 bits per heavy atom. The van der Waals surface area contributed by atoms with Crippen molar-refractivity contribution in [3.8, 4) is 0 Å². The van der Waals surface area contributed by atoms with E-state index in [-0.39, 0.29) is 16.7 Å². The van der Waals surface area contributed by atoms with Crippen LogP contribution in [0.5, 0.6) is 0 Å². The molecule has 3 aromatic carbocycles.